The summed E-state index contributed by atoms with van der Waals surface area (Å²) in [5, 5.41) is 9.69. The van der Waals surface area contributed by atoms with Crippen LogP contribution in [0.2, 0.25) is 0 Å². The molecule has 1 amide bonds. The lowest BCUT2D eigenvalue weighted by Crippen LogP contribution is -2.42. The normalized spacial score (nSPS) is 21.2. The molecule has 1 fully saturated rings. The zero-order valence-corrected chi connectivity index (χ0v) is 8.90. The van der Waals surface area contributed by atoms with Gasteiger partial charge in [0, 0.05) is 13.0 Å². The highest BCUT2D eigenvalue weighted by atomic mass is 19.1. The number of amides is 1. The van der Waals surface area contributed by atoms with Gasteiger partial charge in [0.2, 0.25) is 5.91 Å². The maximum absolute atomic E-state index is 12.7. The Bertz CT molecular complexity index is 377. The van der Waals surface area contributed by atoms with Crippen LogP contribution < -0.4 is 0 Å². The smallest absolute Gasteiger partial charge is 0.224 e. The number of likely N-dealkylation sites (tertiary alicyclic amines) is 1. The first-order valence-corrected chi connectivity index (χ1v) is 5.39. The Morgan fingerprint density at radius 3 is 2.69 bits per heavy atom. The molecule has 1 aromatic rings. The van der Waals surface area contributed by atoms with Gasteiger partial charge in [-0.3, -0.25) is 4.79 Å². The number of aliphatic hydroxyl groups excluding tert-OH is 1. The van der Waals surface area contributed by atoms with Crippen LogP contribution >= 0.6 is 0 Å². The molecule has 0 radical (unpaired) electrons. The molecule has 1 heterocycles. The van der Waals surface area contributed by atoms with Gasteiger partial charge in [0.1, 0.15) is 12.0 Å². The van der Waals surface area contributed by atoms with Gasteiger partial charge in [-0.15, -0.1) is 0 Å². The van der Waals surface area contributed by atoms with Crippen LogP contribution in [0.3, 0.4) is 0 Å². The van der Waals surface area contributed by atoms with Crippen molar-refractivity contribution in [3.63, 3.8) is 0 Å². The molecule has 1 aromatic carbocycles. The first-order valence-electron chi connectivity index (χ1n) is 5.39. The van der Waals surface area contributed by atoms with E-state index in [4.69, 9.17) is 0 Å². The molecule has 0 aromatic heterocycles. The van der Waals surface area contributed by atoms with Crippen molar-refractivity contribution in [2.45, 2.75) is 32.0 Å². The Morgan fingerprint density at radius 1 is 1.38 bits per heavy atom. The topological polar surface area (TPSA) is 40.5 Å². The molecule has 1 saturated heterocycles. The zero-order chi connectivity index (χ0) is 11.5. The van der Waals surface area contributed by atoms with Crippen LogP contribution in [0, 0.1) is 5.82 Å². The number of rotatable bonds is 2. The van der Waals surface area contributed by atoms with Crippen LogP contribution in [-0.2, 0) is 11.3 Å². The van der Waals surface area contributed by atoms with E-state index in [9.17, 15) is 14.3 Å². The quantitative estimate of drug-likeness (QED) is 0.828. The number of hydrogen-bond donors (Lipinski definition) is 1. The van der Waals surface area contributed by atoms with Crippen molar-refractivity contribution in [1.29, 1.82) is 0 Å². The number of piperidine rings is 1. The molecule has 2 rings (SSSR count). The van der Waals surface area contributed by atoms with Gasteiger partial charge in [-0.1, -0.05) is 12.1 Å². The van der Waals surface area contributed by atoms with Crippen molar-refractivity contribution < 1.29 is 14.3 Å². The molecule has 1 aliphatic rings. The summed E-state index contributed by atoms with van der Waals surface area (Å²) < 4.78 is 12.7. The Morgan fingerprint density at radius 2 is 2.06 bits per heavy atom. The Labute approximate surface area is 93.5 Å². The number of halogens is 1. The van der Waals surface area contributed by atoms with E-state index >= 15 is 0 Å². The van der Waals surface area contributed by atoms with E-state index in [0.717, 1.165) is 12.0 Å². The monoisotopic (exact) mass is 223 g/mol. The second-order valence-corrected chi connectivity index (χ2v) is 4.02. The van der Waals surface area contributed by atoms with E-state index in [1.165, 1.54) is 17.0 Å². The van der Waals surface area contributed by atoms with E-state index in [1.54, 1.807) is 12.1 Å². The fourth-order valence-electron chi connectivity index (χ4n) is 1.88. The Hall–Kier alpha value is -1.42. The lowest BCUT2D eigenvalue weighted by Gasteiger charge is -2.32. The first kappa shape index (κ1) is 11.1. The largest absolute Gasteiger partial charge is 0.374 e. The van der Waals surface area contributed by atoms with Crippen LogP contribution in [-0.4, -0.2) is 22.1 Å². The minimum absolute atomic E-state index is 0.0388. The van der Waals surface area contributed by atoms with E-state index in [1.807, 2.05) is 0 Å². The van der Waals surface area contributed by atoms with Gasteiger partial charge >= 0.3 is 0 Å². The van der Waals surface area contributed by atoms with Gasteiger partial charge in [-0.05, 0) is 30.5 Å². The molecule has 1 N–H and O–H groups in total. The molecule has 0 bridgehead atoms. The average Bonchev–Trinajstić information content (AvgIpc) is 2.26. The van der Waals surface area contributed by atoms with Crippen molar-refractivity contribution >= 4 is 5.91 Å². The summed E-state index contributed by atoms with van der Waals surface area (Å²) in [6, 6.07) is 5.97. The molecule has 1 aliphatic heterocycles. The molecule has 0 aliphatic carbocycles. The van der Waals surface area contributed by atoms with Gasteiger partial charge in [0.15, 0.2) is 0 Å². The van der Waals surface area contributed by atoms with E-state index < -0.39 is 6.23 Å². The predicted molar refractivity (Wildman–Crippen MR) is 56.8 cm³/mol. The van der Waals surface area contributed by atoms with Gasteiger partial charge in [0.05, 0.1) is 0 Å². The number of aliphatic hydroxyl groups is 1. The molecule has 16 heavy (non-hydrogen) atoms. The van der Waals surface area contributed by atoms with Gasteiger partial charge in [-0.2, -0.15) is 0 Å². The second-order valence-electron chi connectivity index (χ2n) is 4.02. The Kier molecular flexibility index (Phi) is 3.19. The highest BCUT2D eigenvalue weighted by Gasteiger charge is 2.25. The third kappa shape index (κ3) is 2.39. The van der Waals surface area contributed by atoms with Gasteiger partial charge < -0.3 is 10.0 Å². The summed E-state index contributed by atoms with van der Waals surface area (Å²) in [6.45, 7) is 0.347. The molecule has 86 valence electrons. The van der Waals surface area contributed by atoms with Crippen LogP contribution in [0.15, 0.2) is 24.3 Å². The van der Waals surface area contributed by atoms with Crippen LogP contribution in [0.25, 0.3) is 0 Å². The third-order valence-electron chi connectivity index (χ3n) is 2.80. The fourth-order valence-corrected chi connectivity index (χ4v) is 1.88. The van der Waals surface area contributed by atoms with Crippen molar-refractivity contribution in [3.8, 4) is 0 Å². The van der Waals surface area contributed by atoms with Crippen molar-refractivity contribution in [3.05, 3.63) is 35.6 Å². The van der Waals surface area contributed by atoms with E-state index in [0.29, 0.717) is 19.4 Å². The maximum Gasteiger partial charge on any atom is 0.224 e. The highest BCUT2D eigenvalue weighted by molar-refractivity contribution is 5.77. The number of nitrogens with zero attached hydrogens (tertiary/aromatic N) is 1. The number of carbonyl (C=O) groups is 1. The van der Waals surface area contributed by atoms with Gasteiger partial charge in [-0.25, -0.2) is 4.39 Å². The summed E-state index contributed by atoms with van der Waals surface area (Å²) in [5.41, 5.74) is 0.829. The molecular weight excluding hydrogens is 209 g/mol. The standard InChI is InChI=1S/C12H14FNO2/c13-10-6-4-9(5-7-10)8-14-11(15)2-1-3-12(14)16/h4-7,11,15H,1-3,8H2/t11-/m1/s1. The summed E-state index contributed by atoms with van der Waals surface area (Å²) in [6.07, 6.45) is 1.14. The number of hydrogen-bond acceptors (Lipinski definition) is 2. The number of benzene rings is 1. The molecule has 0 saturated carbocycles. The molecular formula is C12H14FNO2. The first-order chi connectivity index (χ1) is 7.66. The van der Waals surface area contributed by atoms with Crippen molar-refractivity contribution in [2.24, 2.45) is 0 Å². The van der Waals surface area contributed by atoms with Crippen molar-refractivity contribution in [1.82, 2.24) is 4.90 Å². The molecule has 0 spiro atoms. The molecule has 3 nitrogen and oxygen atoms in total. The SMILES string of the molecule is O=C1CCC[C@@H](O)N1Cc1ccc(F)cc1. The van der Waals surface area contributed by atoms with Crippen LogP contribution in [0.1, 0.15) is 24.8 Å². The highest BCUT2D eigenvalue weighted by Crippen LogP contribution is 2.19. The summed E-state index contributed by atoms with van der Waals surface area (Å²) in [5.74, 6) is -0.336. The van der Waals surface area contributed by atoms with E-state index in [-0.39, 0.29) is 11.7 Å². The van der Waals surface area contributed by atoms with Crippen LogP contribution in [0.5, 0.6) is 0 Å². The maximum atomic E-state index is 12.7. The number of carbonyl (C=O) groups excluding carboxylic acids is 1. The minimum Gasteiger partial charge on any atom is -0.374 e. The molecule has 1 atom stereocenters. The summed E-state index contributed by atoms with van der Waals surface area (Å²) in [4.78, 5) is 13.0. The molecule has 0 unspecified atom stereocenters. The summed E-state index contributed by atoms with van der Waals surface area (Å²) in [7, 11) is 0. The van der Waals surface area contributed by atoms with Crippen molar-refractivity contribution in [2.75, 3.05) is 0 Å². The lowest BCUT2D eigenvalue weighted by molar-refractivity contribution is -0.147. The molecule has 4 heteroatoms. The van der Waals surface area contributed by atoms with Gasteiger partial charge in [0.25, 0.3) is 0 Å². The van der Waals surface area contributed by atoms with Crippen LogP contribution in [0.4, 0.5) is 4.39 Å². The van der Waals surface area contributed by atoms with E-state index in [2.05, 4.69) is 0 Å². The minimum atomic E-state index is -0.702. The zero-order valence-electron chi connectivity index (χ0n) is 8.90. The fraction of sp³-hybridized carbons (Fsp3) is 0.417. The predicted octanol–water partition coefficient (Wildman–Crippen LogP) is 1.66. The second kappa shape index (κ2) is 4.61. The average molecular weight is 223 g/mol. The lowest BCUT2D eigenvalue weighted by atomic mass is 10.1. The third-order valence-corrected chi connectivity index (χ3v) is 2.80. The Balaban J connectivity index is 2.07. The summed E-state index contributed by atoms with van der Waals surface area (Å²) >= 11 is 0.